The Morgan fingerprint density at radius 1 is 0.794 bits per heavy atom. The van der Waals surface area contributed by atoms with Gasteiger partial charge in [0.25, 0.3) is 5.91 Å². The molecule has 0 spiro atoms. The number of phenolic OH excluding ortho intramolecular Hbond substituents is 1. The highest BCUT2D eigenvalue weighted by Crippen LogP contribution is 2.39. The fraction of sp³-hybridized carbons (Fsp3) is 0. The van der Waals surface area contributed by atoms with Crippen LogP contribution in [0.1, 0.15) is 10.4 Å². The highest BCUT2D eigenvalue weighted by atomic mass is 35.5. The minimum absolute atomic E-state index is 0.160. The van der Waals surface area contributed by atoms with Gasteiger partial charge in [0, 0.05) is 16.7 Å². The lowest BCUT2D eigenvalue weighted by Crippen LogP contribution is -2.11. The minimum Gasteiger partial charge on any atom is -0.508 e. The summed E-state index contributed by atoms with van der Waals surface area (Å²) in [6.07, 6.45) is 0. The molecule has 4 aromatic carbocycles. The molecule has 1 aromatic heterocycles. The van der Waals surface area contributed by atoms with E-state index in [1.807, 2.05) is 54.6 Å². The SMILES string of the molecule is O=C(Nc1oc(-c2ccccc2-c2cccc(O)c2)nc1-c1ccccc1Cl)c1ccccc1. The molecule has 0 radical (unpaired) electrons. The smallest absolute Gasteiger partial charge is 0.258 e. The van der Waals surface area contributed by atoms with Gasteiger partial charge in [-0.3, -0.25) is 10.1 Å². The summed E-state index contributed by atoms with van der Waals surface area (Å²) in [5, 5.41) is 13.3. The molecule has 0 aliphatic carbocycles. The highest BCUT2D eigenvalue weighted by Gasteiger charge is 2.22. The van der Waals surface area contributed by atoms with Crippen LogP contribution in [0.15, 0.2) is 108 Å². The number of hydrogen-bond donors (Lipinski definition) is 2. The number of phenols is 1. The third-order valence-electron chi connectivity index (χ3n) is 5.33. The van der Waals surface area contributed by atoms with E-state index >= 15 is 0 Å². The van der Waals surface area contributed by atoms with Crippen molar-refractivity contribution >= 4 is 23.4 Å². The van der Waals surface area contributed by atoms with Gasteiger partial charge >= 0.3 is 0 Å². The van der Waals surface area contributed by atoms with Crippen LogP contribution < -0.4 is 5.32 Å². The van der Waals surface area contributed by atoms with Crippen LogP contribution in [0, 0.1) is 0 Å². The summed E-state index contributed by atoms with van der Waals surface area (Å²) < 4.78 is 6.13. The zero-order chi connectivity index (χ0) is 23.5. The van der Waals surface area contributed by atoms with E-state index in [0.29, 0.717) is 33.3 Å². The van der Waals surface area contributed by atoms with E-state index in [1.54, 1.807) is 48.5 Å². The number of anilines is 1. The molecule has 0 saturated carbocycles. The minimum atomic E-state index is -0.321. The molecule has 34 heavy (non-hydrogen) atoms. The van der Waals surface area contributed by atoms with E-state index in [0.717, 1.165) is 11.1 Å². The number of aromatic nitrogens is 1. The monoisotopic (exact) mass is 466 g/mol. The molecule has 166 valence electrons. The standard InChI is InChI=1S/C28H19ClN2O3/c29-24-16-7-6-15-23(24)25-28(31-26(33)18-9-2-1-3-10-18)34-27(30-25)22-14-5-4-13-21(22)19-11-8-12-20(32)17-19/h1-17,32H,(H,31,33). The van der Waals surface area contributed by atoms with Crippen molar-refractivity contribution in [1.82, 2.24) is 4.98 Å². The number of carbonyl (C=O) groups is 1. The maximum atomic E-state index is 12.9. The predicted molar refractivity (Wildman–Crippen MR) is 134 cm³/mol. The zero-order valence-electron chi connectivity index (χ0n) is 17.9. The van der Waals surface area contributed by atoms with Gasteiger partial charge in [-0.15, -0.1) is 0 Å². The van der Waals surface area contributed by atoms with Crippen molar-refractivity contribution in [2.75, 3.05) is 5.32 Å². The van der Waals surface area contributed by atoms with Crippen molar-refractivity contribution in [1.29, 1.82) is 0 Å². The summed E-state index contributed by atoms with van der Waals surface area (Å²) in [7, 11) is 0. The van der Waals surface area contributed by atoms with Crippen molar-refractivity contribution in [3.63, 3.8) is 0 Å². The normalized spacial score (nSPS) is 10.7. The molecule has 0 saturated heterocycles. The first kappa shape index (κ1) is 21.5. The van der Waals surface area contributed by atoms with Crippen LogP contribution in [-0.2, 0) is 0 Å². The molecule has 0 aliphatic heterocycles. The third-order valence-corrected chi connectivity index (χ3v) is 5.66. The molecule has 2 N–H and O–H groups in total. The molecule has 0 fully saturated rings. The van der Waals surface area contributed by atoms with E-state index in [-0.39, 0.29) is 17.5 Å². The first-order valence-corrected chi connectivity index (χ1v) is 11.0. The summed E-state index contributed by atoms with van der Waals surface area (Å²) in [6.45, 7) is 0. The summed E-state index contributed by atoms with van der Waals surface area (Å²) in [6, 6.07) is 30.7. The molecule has 1 heterocycles. The molecule has 0 unspecified atom stereocenters. The topological polar surface area (TPSA) is 75.4 Å². The van der Waals surface area contributed by atoms with Gasteiger partial charge in [0.2, 0.25) is 11.8 Å². The number of amides is 1. The van der Waals surface area contributed by atoms with Crippen molar-refractivity contribution in [2.24, 2.45) is 0 Å². The molecule has 1 amide bonds. The second-order valence-corrected chi connectivity index (χ2v) is 8.00. The number of carbonyl (C=O) groups excluding carboxylic acids is 1. The van der Waals surface area contributed by atoms with E-state index in [2.05, 4.69) is 5.32 Å². The summed E-state index contributed by atoms with van der Waals surface area (Å²) in [4.78, 5) is 17.6. The summed E-state index contributed by atoms with van der Waals surface area (Å²) in [5.41, 5.74) is 3.90. The third kappa shape index (κ3) is 4.29. The number of hydrogen-bond acceptors (Lipinski definition) is 4. The van der Waals surface area contributed by atoms with Gasteiger partial charge in [0.1, 0.15) is 11.4 Å². The quantitative estimate of drug-likeness (QED) is 0.285. The first-order valence-electron chi connectivity index (χ1n) is 10.6. The van der Waals surface area contributed by atoms with Crippen molar-refractivity contribution in [3.8, 4) is 39.6 Å². The van der Waals surface area contributed by atoms with Gasteiger partial charge < -0.3 is 9.52 Å². The lowest BCUT2D eigenvalue weighted by atomic mass is 9.99. The molecular formula is C28H19ClN2O3. The van der Waals surface area contributed by atoms with Gasteiger partial charge in [-0.25, -0.2) is 4.98 Å². The molecule has 0 atom stereocenters. The summed E-state index contributed by atoms with van der Waals surface area (Å²) in [5.74, 6) is 0.352. The number of oxazole rings is 1. The Balaban J connectivity index is 1.64. The molecule has 5 aromatic rings. The summed E-state index contributed by atoms with van der Waals surface area (Å²) >= 11 is 6.46. The number of benzene rings is 4. The molecule has 0 bridgehead atoms. The van der Waals surface area contributed by atoms with E-state index < -0.39 is 0 Å². The molecule has 0 aliphatic rings. The van der Waals surface area contributed by atoms with Crippen LogP contribution in [0.25, 0.3) is 33.8 Å². The Hall–Kier alpha value is -4.35. The fourth-order valence-corrected chi connectivity index (χ4v) is 3.94. The van der Waals surface area contributed by atoms with Crippen LogP contribution in [0.5, 0.6) is 5.75 Å². The van der Waals surface area contributed by atoms with Crippen LogP contribution in [0.2, 0.25) is 5.02 Å². The van der Waals surface area contributed by atoms with Gasteiger partial charge in [-0.2, -0.15) is 0 Å². The Morgan fingerprint density at radius 3 is 2.21 bits per heavy atom. The van der Waals surface area contributed by atoms with Gasteiger partial charge in [-0.05, 0) is 47.5 Å². The fourth-order valence-electron chi connectivity index (χ4n) is 3.72. The number of nitrogens with one attached hydrogen (secondary N) is 1. The van der Waals surface area contributed by atoms with E-state index in [4.69, 9.17) is 21.0 Å². The maximum absolute atomic E-state index is 12.9. The number of rotatable bonds is 5. The average molecular weight is 467 g/mol. The molecule has 5 rings (SSSR count). The van der Waals surface area contributed by atoms with Crippen LogP contribution in [-0.4, -0.2) is 16.0 Å². The Kier molecular flexibility index (Phi) is 5.85. The zero-order valence-corrected chi connectivity index (χ0v) is 18.7. The van der Waals surface area contributed by atoms with Crippen LogP contribution in [0.3, 0.4) is 0 Å². The number of aromatic hydroxyl groups is 1. The molecule has 5 nitrogen and oxygen atoms in total. The second-order valence-electron chi connectivity index (χ2n) is 7.59. The molecule has 6 heteroatoms. The second kappa shape index (κ2) is 9.25. The Labute approximate surface area is 201 Å². The lowest BCUT2D eigenvalue weighted by Gasteiger charge is -2.07. The van der Waals surface area contributed by atoms with Crippen molar-refractivity contribution < 1.29 is 14.3 Å². The van der Waals surface area contributed by atoms with Gasteiger partial charge in [0.15, 0.2) is 0 Å². The average Bonchev–Trinajstić information content (AvgIpc) is 3.28. The van der Waals surface area contributed by atoms with Crippen LogP contribution >= 0.6 is 11.6 Å². The first-order chi connectivity index (χ1) is 16.6. The van der Waals surface area contributed by atoms with Crippen molar-refractivity contribution in [3.05, 3.63) is 114 Å². The van der Waals surface area contributed by atoms with Crippen LogP contribution in [0.4, 0.5) is 5.88 Å². The Morgan fingerprint density at radius 2 is 1.47 bits per heavy atom. The number of halogens is 1. The largest absolute Gasteiger partial charge is 0.508 e. The van der Waals surface area contributed by atoms with Gasteiger partial charge in [-0.1, -0.05) is 78.3 Å². The van der Waals surface area contributed by atoms with Gasteiger partial charge in [0.05, 0.1) is 5.02 Å². The number of nitrogens with zero attached hydrogens (tertiary/aromatic N) is 1. The van der Waals surface area contributed by atoms with E-state index in [1.165, 1.54) is 0 Å². The van der Waals surface area contributed by atoms with Crippen molar-refractivity contribution in [2.45, 2.75) is 0 Å². The highest BCUT2D eigenvalue weighted by molar-refractivity contribution is 6.33. The maximum Gasteiger partial charge on any atom is 0.258 e. The molecular weight excluding hydrogens is 448 g/mol. The lowest BCUT2D eigenvalue weighted by molar-refractivity contribution is 0.102. The Bertz CT molecular complexity index is 1480. The predicted octanol–water partition coefficient (Wildman–Crippen LogP) is 7.29. The van der Waals surface area contributed by atoms with E-state index in [9.17, 15) is 9.90 Å².